The highest BCUT2D eigenvalue weighted by atomic mass is 16.3. The molecule has 0 spiro atoms. The average Bonchev–Trinajstić information content (AvgIpc) is 2.82. The lowest BCUT2D eigenvalue weighted by Gasteiger charge is -2.19. The van der Waals surface area contributed by atoms with Gasteiger partial charge in [0, 0.05) is 22.4 Å². The molecule has 0 fully saturated rings. The van der Waals surface area contributed by atoms with Gasteiger partial charge in [-0.3, -0.25) is 5.43 Å². The standard InChI is InChI=1S/C29H27N3O/c1-19-9-15-26-23(17-19)25(31-32-28-16-12-20-7-5-6-8-24(20)30-28)18-27(33-26)21-10-13-22(14-11-21)29(2,3)4/h5-18H,1-4H3,(H,30,32). The van der Waals surface area contributed by atoms with Gasteiger partial charge in [0.05, 0.1) is 10.9 Å². The molecule has 3 aromatic carbocycles. The largest absolute Gasteiger partial charge is 0.456 e. The van der Waals surface area contributed by atoms with E-state index in [0.717, 1.165) is 44.1 Å². The summed E-state index contributed by atoms with van der Waals surface area (Å²) in [6.45, 7) is 8.72. The second kappa shape index (κ2) is 8.21. The minimum absolute atomic E-state index is 0.105. The Morgan fingerprint density at radius 3 is 2.42 bits per heavy atom. The lowest BCUT2D eigenvalue weighted by atomic mass is 9.86. The van der Waals surface area contributed by atoms with Gasteiger partial charge in [-0.25, -0.2) is 4.98 Å². The highest BCUT2D eigenvalue weighted by Crippen LogP contribution is 2.27. The fourth-order valence-corrected chi connectivity index (χ4v) is 3.90. The topological polar surface area (TPSA) is 50.4 Å². The van der Waals surface area contributed by atoms with Gasteiger partial charge in [0.1, 0.15) is 17.2 Å². The molecule has 0 aliphatic heterocycles. The Morgan fingerprint density at radius 1 is 0.848 bits per heavy atom. The second-order valence-electron chi connectivity index (χ2n) is 9.44. The summed E-state index contributed by atoms with van der Waals surface area (Å²) in [6, 6.07) is 28.7. The number of nitrogens with zero attached hydrogens (tertiary/aromatic N) is 2. The third-order valence-corrected chi connectivity index (χ3v) is 5.82. The van der Waals surface area contributed by atoms with Crippen molar-refractivity contribution in [3.63, 3.8) is 0 Å². The van der Waals surface area contributed by atoms with Crippen LogP contribution >= 0.6 is 0 Å². The maximum atomic E-state index is 6.28. The molecule has 4 nitrogen and oxygen atoms in total. The van der Waals surface area contributed by atoms with E-state index in [1.54, 1.807) is 0 Å². The van der Waals surface area contributed by atoms with E-state index in [0.29, 0.717) is 5.82 Å². The summed E-state index contributed by atoms with van der Waals surface area (Å²) < 4.78 is 6.28. The molecule has 0 radical (unpaired) electrons. The molecule has 0 unspecified atom stereocenters. The minimum Gasteiger partial charge on any atom is -0.456 e. The van der Waals surface area contributed by atoms with Crippen molar-refractivity contribution in [1.29, 1.82) is 0 Å². The monoisotopic (exact) mass is 433 g/mol. The first-order chi connectivity index (χ1) is 15.9. The van der Waals surface area contributed by atoms with Crippen LogP contribution in [0.25, 0.3) is 33.2 Å². The number of nitrogens with one attached hydrogen (secondary N) is 1. The summed E-state index contributed by atoms with van der Waals surface area (Å²) in [5.74, 6) is 1.48. The number of fused-ring (bicyclic) bond motifs is 2. The van der Waals surface area contributed by atoms with E-state index in [-0.39, 0.29) is 5.41 Å². The van der Waals surface area contributed by atoms with Crippen LogP contribution in [0.3, 0.4) is 0 Å². The molecule has 0 saturated carbocycles. The molecular weight excluding hydrogens is 406 g/mol. The van der Waals surface area contributed by atoms with Gasteiger partial charge in [-0.15, -0.1) is 0 Å². The van der Waals surface area contributed by atoms with Crippen molar-refractivity contribution in [2.45, 2.75) is 33.1 Å². The van der Waals surface area contributed by atoms with Gasteiger partial charge in [0.15, 0.2) is 0 Å². The van der Waals surface area contributed by atoms with E-state index in [1.165, 1.54) is 5.56 Å². The smallest absolute Gasteiger partial charge is 0.146 e. The fourth-order valence-electron chi connectivity index (χ4n) is 3.90. The molecule has 1 N–H and O–H groups in total. The Balaban J connectivity index is 1.59. The number of aromatic nitrogens is 1. The first kappa shape index (κ1) is 21.0. The zero-order valence-corrected chi connectivity index (χ0v) is 19.4. The average molecular weight is 434 g/mol. The van der Waals surface area contributed by atoms with Crippen molar-refractivity contribution in [3.8, 4) is 11.3 Å². The highest BCUT2D eigenvalue weighted by Gasteiger charge is 2.14. The maximum absolute atomic E-state index is 6.28. The molecule has 0 amide bonds. The molecule has 0 saturated heterocycles. The van der Waals surface area contributed by atoms with Crippen LogP contribution in [0.2, 0.25) is 0 Å². The van der Waals surface area contributed by atoms with E-state index >= 15 is 0 Å². The number of pyridine rings is 1. The summed E-state index contributed by atoms with van der Waals surface area (Å²) in [5.41, 5.74) is 8.44. The van der Waals surface area contributed by atoms with Crippen LogP contribution in [0.5, 0.6) is 0 Å². The molecule has 0 atom stereocenters. The molecule has 2 heterocycles. The van der Waals surface area contributed by atoms with Gasteiger partial charge in [-0.05, 0) is 48.2 Å². The van der Waals surface area contributed by atoms with Crippen molar-refractivity contribution in [1.82, 2.24) is 4.98 Å². The number of benzene rings is 3. The van der Waals surface area contributed by atoms with Crippen molar-refractivity contribution in [2.24, 2.45) is 5.10 Å². The molecule has 0 aliphatic rings. The minimum atomic E-state index is 0.105. The Kier molecular flexibility index (Phi) is 5.21. The molecule has 164 valence electrons. The summed E-state index contributed by atoms with van der Waals surface area (Å²) >= 11 is 0. The summed E-state index contributed by atoms with van der Waals surface area (Å²) in [5, 5.41) is 7.59. The summed E-state index contributed by atoms with van der Waals surface area (Å²) in [4.78, 5) is 4.67. The van der Waals surface area contributed by atoms with E-state index in [1.807, 2.05) is 42.5 Å². The molecule has 4 heteroatoms. The molecule has 5 rings (SSSR count). The number of rotatable bonds is 3. The summed E-state index contributed by atoms with van der Waals surface area (Å²) in [7, 11) is 0. The van der Waals surface area contributed by atoms with Gasteiger partial charge in [0.2, 0.25) is 0 Å². The number of hydrogen-bond donors (Lipinski definition) is 1. The van der Waals surface area contributed by atoms with E-state index in [9.17, 15) is 0 Å². The molecule has 33 heavy (non-hydrogen) atoms. The zero-order valence-electron chi connectivity index (χ0n) is 19.4. The summed E-state index contributed by atoms with van der Waals surface area (Å²) in [6.07, 6.45) is 0. The predicted octanol–water partition coefficient (Wildman–Crippen LogP) is 7.18. The van der Waals surface area contributed by atoms with Crippen LogP contribution in [0.1, 0.15) is 31.9 Å². The number of anilines is 1. The first-order valence-electron chi connectivity index (χ1n) is 11.2. The van der Waals surface area contributed by atoms with Gasteiger partial charge >= 0.3 is 0 Å². The van der Waals surface area contributed by atoms with E-state index in [2.05, 4.69) is 80.6 Å². The van der Waals surface area contributed by atoms with Crippen molar-refractivity contribution < 1.29 is 4.42 Å². The van der Waals surface area contributed by atoms with Crippen LogP contribution < -0.4 is 10.8 Å². The third kappa shape index (κ3) is 4.37. The van der Waals surface area contributed by atoms with E-state index < -0.39 is 0 Å². The van der Waals surface area contributed by atoms with Gasteiger partial charge < -0.3 is 4.42 Å². The normalized spacial score (nSPS) is 12.4. The first-order valence-corrected chi connectivity index (χ1v) is 11.2. The molecule has 2 aromatic heterocycles. The van der Waals surface area contributed by atoms with Gasteiger partial charge in [0.25, 0.3) is 0 Å². The lowest BCUT2D eigenvalue weighted by molar-refractivity contribution is 0.589. The van der Waals surface area contributed by atoms with Gasteiger partial charge in [-0.2, -0.15) is 5.10 Å². The molecule has 0 bridgehead atoms. The number of para-hydroxylation sites is 1. The Labute approximate surface area is 193 Å². The Morgan fingerprint density at radius 2 is 1.64 bits per heavy atom. The van der Waals surface area contributed by atoms with E-state index in [4.69, 9.17) is 9.52 Å². The van der Waals surface area contributed by atoms with Crippen molar-refractivity contribution in [3.05, 3.63) is 101 Å². The van der Waals surface area contributed by atoms with Crippen LogP contribution in [0, 0.1) is 6.92 Å². The lowest BCUT2D eigenvalue weighted by Crippen LogP contribution is -2.10. The number of aryl methyl sites for hydroxylation is 1. The van der Waals surface area contributed by atoms with Crippen LogP contribution in [0.15, 0.2) is 94.4 Å². The SMILES string of the molecule is Cc1ccc2oc(-c3ccc(C(C)(C)C)cc3)cc(=NNc3ccc4ccccc4n3)c2c1. The predicted molar refractivity (Wildman–Crippen MR) is 136 cm³/mol. The molecule has 0 aliphatic carbocycles. The van der Waals surface area contributed by atoms with Crippen LogP contribution in [-0.4, -0.2) is 4.98 Å². The maximum Gasteiger partial charge on any atom is 0.146 e. The quantitative estimate of drug-likeness (QED) is 0.307. The third-order valence-electron chi connectivity index (χ3n) is 5.82. The molecule has 5 aromatic rings. The Bertz CT molecular complexity index is 1520. The second-order valence-corrected chi connectivity index (χ2v) is 9.44. The van der Waals surface area contributed by atoms with Gasteiger partial charge in [-0.1, -0.05) is 74.9 Å². The highest BCUT2D eigenvalue weighted by molar-refractivity contribution is 5.81. The van der Waals surface area contributed by atoms with Crippen molar-refractivity contribution in [2.75, 3.05) is 5.43 Å². The van der Waals surface area contributed by atoms with Crippen LogP contribution in [0.4, 0.5) is 5.82 Å². The zero-order chi connectivity index (χ0) is 23.0. The number of hydrogen-bond acceptors (Lipinski definition) is 4. The molecular formula is C29H27N3O. The van der Waals surface area contributed by atoms with Crippen LogP contribution in [-0.2, 0) is 5.41 Å². The fraction of sp³-hybridized carbons (Fsp3) is 0.172. The van der Waals surface area contributed by atoms with Crippen molar-refractivity contribution >= 4 is 27.7 Å². The Hall–Kier alpha value is -3.92.